The highest BCUT2D eigenvalue weighted by Gasteiger charge is 2.16. The van der Waals surface area contributed by atoms with Gasteiger partial charge in [-0.3, -0.25) is 9.20 Å². The molecule has 0 saturated heterocycles. The van der Waals surface area contributed by atoms with E-state index in [1.165, 1.54) is 0 Å². The van der Waals surface area contributed by atoms with Gasteiger partial charge in [0.1, 0.15) is 5.75 Å². The number of anilines is 1. The molecule has 0 fully saturated rings. The highest BCUT2D eigenvalue weighted by molar-refractivity contribution is 6.09. The Balaban J connectivity index is 1.49. The summed E-state index contributed by atoms with van der Waals surface area (Å²) >= 11 is 0. The second-order valence-corrected chi connectivity index (χ2v) is 6.88. The van der Waals surface area contributed by atoms with Crippen molar-refractivity contribution in [1.82, 2.24) is 14.6 Å². The summed E-state index contributed by atoms with van der Waals surface area (Å²) in [7, 11) is 1.63. The summed E-state index contributed by atoms with van der Waals surface area (Å²) in [4.78, 5) is 13.0. The Hall–Kier alpha value is -4.19. The number of hydrogen-bond donors (Lipinski definition) is 1. The van der Waals surface area contributed by atoms with Crippen LogP contribution in [-0.4, -0.2) is 27.6 Å². The predicted molar refractivity (Wildman–Crippen MR) is 117 cm³/mol. The lowest BCUT2D eigenvalue weighted by Crippen LogP contribution is -2.13. The van der Waals surface area contributed by atoms with Crippen LogP contribution in [0.5, 0.6) is 5.75 Å². The molecule has 0 bridgehead atoms. The van der Waals surface area contributed by atoms with E-state index >= 15 is 0 Å². The Morgan fingerprint density at radius 3 is 2.50 bits per heavy atom. The lowest BCUT2D eigenvalue weighted by atomic mass is 10.1. The number of methoxy groups -OCH3 is 1. The number of aromatic nitrogens is 3. The van der Waals surface area contributed by atoms with Gasteiger partial charge in [0.05, 0.1) is 12.7 Å². The first-order valence-electron chi connectivity index (χ1n) is 9.51. The molecule has 0 unspecified atom stereocenters. The van der Waals surface area contributed by atoms with Crippen LogP contribution in [0.4, 0.5) is 5.69 Å². The minimum Gasteiger partial charge on any atom is -0.497 e. The fourth-order valence-electron chi connectivity index (χ4n) is 3.50. The Labute approximate surface area is 172 Å². The highest BCUT2D eigenvalue weighted by Crippen LogP contribution is 2.24. The molecule has 0 atom stereocenters. The van der Waals surface area contributed by atoms with Crippen molar-refractivity contribution >= 4 is 28.0 Å². The maximum Gasteiger partial charge on any atom is 0.259 e. The van der Waals surface area contributed by atoms with Gasteiger partial charge in [-0.25, -0.2) is 0 Å². The summed E-state index contributed by atoms with van der Waals surface area (Å²) in [5, 5.41) is 13.7. The van der Waals surface area contributed by atoms with Crippen LogP contribution in [0.15, 0.2) is 85.1 Å². The van der Waals surface area contributed by atoms with Crippen LogP contribution < -0.4 is 10.1 Å². The number of benzene rings is 3. The average molecular weight is 394 g/mol. The van der Waals surface area contributed by atoms with Gasteiger partial charge >= 0.3 is 0 Å². The third kappa shape index (κ3) is 3.14. The van der Waals surface area contributed by atoms with Crippen LogP contribution in [0.3, 0.4) is 0 Å². The monoisotopic (exact) mass is 394 g/mol. The van der Waals surface area contributed by atoms with E-state index in [0.717, 1.165) is 27.8 Å². The van der Waals surface area contributed by atoms with Crippen LogP contribution >= 0.6 is 0 Å². The molecule has 2 heterocycles. The Morgan fingerprint density at radius 2 is 1.70 bits per heavy atom. The molecule has 2 aromatic heterocycles. The van der Waals surface area contributed by atoms with Crippen molar-refractivity contribution in [1.29, 1.82) is 0 Å². The van der Waals surface area contributed by atoms with Crippen molar-refractivity contribution < 1.29 is 9.53 Å². The second-order valence-electron chi connectivity index (χ2n) is 6.88. The van der Waals surface area contributed by atoms with Gasteiger partial charge in [-0.2, -0.15) is 0 Å². The molecule has 0 saturated carbocycles. The molecule has 1 amide bonds. The van der Waals surface area contributed by atoms with Gasteiger partial charge in [-0.05, 0) is 59.3 Å². The van der Waals surface area contributed by atoms with E-state index < -0.39 is 0 Å². The fourth-order valence-corrected chi connectivity index (χ4v) is 3.50. The lowest BCUT2D eigenvalue weighted by molar-refractivity contribution is 0.102. The summed E-state index contributed by atoms with van der Waals surface area (Å²) in [5.41, 5.74) is 2.57. The molecule has 30 heavy (non-hydrogen) atoms. The average Bonchev–Trinajstić information content (AvgIpc) is 3.23. The van der Waals surface area contributed by atoms with Crippen LogP contribution in [0, 0.1) is 0 Å². The number of rotatable bonds is 4. The first-order chi connectivity index (χ1) is 14.7. The largest absolute Gasteiger partial charge is 0.497 e. The van der Waals surface area contributed by atoms with Gasteiger partial charge in [0.2, 0.25) is 0 Å². The Bertz CT molecular complexity index is 1370. The zero-order chi connectivity index (χ0) is 20.5. The van der Waals surface area contributed by atoms with Gasteiger partial charge in [0.25, 0.3) is 5.91 Å². The number of fused-ring (bicyclic) bond motifs is 2. The predicted octanol–water partition coefficient (Wildman–Crippen LogP) is 4.81. The number of carbonyl (C=O) groups excluding carboxylic acids is 1. The van der Waals surface area contributed by atoms with E-state index in [-0.39, 0.29) is 5.91 Å². The van der Waals surface area contributed by atoms with E-state index in [1.54, 1.807) is 13.2 Å². The van der Waals surface area contributed by atoms with E-state index in [1.807, 2.05) is 83.4 Å². The third-order valence-electron chi connectivity index (χ3n) is 5.03. The highest BCUT2D eigenvalue weighted by atomic mass is 16.5. The van der Waals surface area contributed by atoms with Gasteiger partial charge in [-0.15, -0.1) is 10.2 Å². The Morgan fingerprint density at radius 1 is 0.900 bits per heavy atom. The Kier molecular flexibility index (Phi) is 4.37. The van der Waals surface area contributed by atoms with Gasteiger partial charge in [-0.1, -0.05) is 30.3 Å². The summed E-state index contributed by atoms with van der Waals surface area (Å²) in [5.74, 6) is 1.19. The molecule has 6 heteroatoms. The van der Waals surface area contributed by atoms with Crippen molar-refractivity contribution in [3.8, 4) is 17.1 Å². The van der Waals surface area contributed by atoms with Gasteiger partial charge in [0, 0.05) is 17.4 Å². The molecule has 1 N–H and O–H groups in total. The van der Waals surface area contributed by atoms with Crippen molar-refractivity contribution in [2.24, 2.45) is 0 Å². The number of nitrogens with one attached hydrogen (secondary N) is 1. The maximum absolute atomic E-state index is 13.0. The van der Waals surface area contributed by atoms with E-state index in [9.17, 15) is 4.79 Å². The molecule has 0 spiro atoms. The number of amides is 1. The normalized spacial score (nSPS) is 11.0. The number of pyridine rings is 1. The lowest BCUT2D eigenvalue weighted by Gasteiger charge is -2.08. The third-order valence-corrected chi connectivity index (χ3v) is 5.03. The molecule has 146 valence electrons. The summed E-state index contributed by atoms with van der Waals surface area (Å²) in [6.45, 7) is 0. The van der Waals surface area contributed by atoms with E-state index in [4.69, 9.17) is 4.74 Å². The maximum atomic E-state index is 13.0. The van der Waals surface area contributed by atoms with E-state index in [2.05, 4.69) is 15.5 Å². The van der Waals surface area contributed by atoms with Crippen molar-refractivity contribution in [2.75, 3.05) is 12.4 Å². The number of nitrogens with zero attached hydrogens (tertiary/aromatic N) is 3. The fraction of sp³-hybridized carbons (Fsp3) is 0.0417. The standard InChI is InChI=1S/C24H18N4O2/c1-30-20-12-9-17(10-13-20)22-26-27-23-21(7-4-14-28(22)23)24(29)25-19-11-8-16-5-2-3-6-18(16)15-19/h2-15H,1H3,(H,25,29). The van der Waals surface area contributed by atoms with E-state index in [0.29, 0.717) is 17.0 Å². The molecule has 0 radical (unpaired) electrons. The molecule has 5 aromatic rings. The molecular formula is C24H18N4O2. The minimum absolute atomic E-state index is 0.232. The molecule has 3 aromatic carbocycles. The molecule has 6 nitrogen and oxygen atoms in total. The summed E-state index contributed by atoms with van der Waals surface area (Å²) in [6, 6.07) is 25.0. The zero-order valence-corrected chi connectivity index (χ0v) is 16.2. The molecule has 5 rings (SSSR count). The first kappa shape index (κ1) is 17.9. The zero-order valence-electron chi connectivity index (χ0n) is 16.2. The van der Waals surface area contributed by atoms with Crippen LogP contribution in [0.25, 0.3) is 27.8 Å². The quantitative estimate of drug-likeness (QED) is 0.475. The smallest absolute Gasteiger partial charge is 0.259 e. The molecule has 0 aliphatic rings. The minimum atomic E-state index is -0.232. The van der Waals surface area contributed by atoms with Gasteiger partial charge in [0.15, 0.2) is 11.5 Å². The molecule has 0 aliphatic heterocycles. The van der Waals surface area contributed by atoms with Crippen LogP contribution in [0.1, 0.15) is 10.4 Å². The van der Waals surface area contributed by atoms with Crippen LogP contribution in [0.2, 0.25) is 0 Å². The van der Waals surface area contributed by atoms with Crippen molar-refractivity contribution in [3.63, 3.8) is 0 Å². The van der Waals surface area contributed by atoms with Crippen LogP contribution in [-0.2, 0) is 0 Å². The van der Waals surface area contributed by atoms with Crippen molar-refractivity contribution in [3.05, 3.63) is 90.6 Å². The molecular weight excluding hydrogens is 376 g/mol. The van der Waals surface area contributed by atoms with Crippen molar-refractivity contribution in [2.45, 2.75) is 0 Å². The number of hydrogen-bond acceptors (Lipinski definition) is 4. The van der Waals surface area contributed by atoms with Gasteiger partial charge < -0.3 is 10.1 Å². The summed E-state index contributed by atoms with van der Waals surface area (Å²) < 4.78 is 7.03. The number of carbonyl (C=O) groups is 1. The number of ether oxygens (including phenoxy) is 1. The summed E-state index contributed by atoms with van der Waals surface area (Å²) in [6.07, 6.45) is 1.85. The first-order valence-corrected chi connectivity index (χ1v) is 9.51. The topological polar surface area (TPSA) is 68.5 Å². The SMILES string of the molecule is COc1ccc(-c2nnc3c(C(=O)Nc4ccc5ccccc5c4)cccn23)cc1. The second kappa shape index (κ2) is 7.33. The molecule has 0 aliphatic carbocycles.